The lowest BCUT2D eigenvalue weighted by Gasteiger charge is -2.35. The SMILES string of the molecule is Cn1ccnc1C1CCCCN1Cc1cn[nH]c1-c1ccc2c(c1)OCO2. The summed E-state index contributed by atoms with van der Waals surface area (Å²) in [6.07, 6.45) is 9.45. The standard InChI is InChI=1S/C20H23N5O2/c1-24-9-7-21-20(24)16-4-2-3-8-25(16)12-15-11-22-23-19(15)14-5-6-17-18(10-14)27-13-26-17/h5-7,9-11,16H,2-4,8,12-13H2,1H3,(H,22,23). The van der Waals surface area contributed by atoms with Crippen LogP contribution in [0.1, 0.15) is 36.7 Å². The Morgan fingerprint density at radius 2 is 2.15 bits per heavy atom. The number of imidazole rings is 1. The highest BCUT2D eigenvalue weighted by atomic mass is 16.7. The first-order valence-electron chi connectivity index (χ1n) is 9.43. The fraction of sp³-hybridized carbons (Fsp3) is 0.400. The van der Waals surface area contributed by atoms with Crippen molar-refractivity contribution in [2.75, 3.05) is 13.3 Å². The van der Waals surface area contributed by atoms with Gasteiger partial charge >= 0.3 is 0 Å². The van der Waals surface area contributed by atoms with Crippen molar-refractivity contribution in [1.82, 2.24) is 24.6 Å². The second kappa shape index (κ2) is 6.74. The van der Waals surface area contributed by atoms with Crippen LogP contribution in [0.3, 0.4) is 0 Å². The molecule has 4 heterocycles. The molecule has 1 saturated heterocycles. The van der Waals surface area contributed by atoms with Gasteiger partial charge in [0.15, 0.2) is 11.5 Å². The third-order valence-corrected chi connectivity index (χ3v) is 5.52. The Hall–Kier alpha value is -2.80. The summed E-state index contributed by atoms with van der Waals surface area (Å²) in [6.45, 7) is 2.20. The van der Waals surface area contributed by atoms with E-state index in [2.05, 4.69) is 37.8 Å². The van der Waals surface area contributed by atoms with Crippen LogP contribution in [0.25, 0.3) is 11.3 Å². The molecule has 2 aliphatic rings. The summed E-state index contributed by atoms with van der Waals surface area (Å²) < 4.78 is 13.1. The predicted molar refractivity (Wildman–Crippen MR) is 100 cm³/mol. The smallest absolute Gasteiger partial charge is 0.231 e. The molecule has 2 aliphatic heterocycles. The Morgan fingerprint density at radius 3 is 3.04 bits per heavy atom. The monoisotopic (exact) mass is 365 g/mol. The van der Waals surface area contributed by atoms with Crippen LogP contribution < -0.4 is 9.47 Å². The maximum absolute atomic E-state index is 5.53. The van der Waals surface area contributed by atoms with Crippen molar-refractivity contribution >= 4 is 0 Å². The summed E-state index contributed by atoms with van der Waals surface area (Å²) in [6, 6.07) is 6.38. The fourth-order valence-corrected chi connectivity index (χ4v) is 4.12. The number of nitrogens with zero attached hydrogens (tertiary/aromatic N) is 4. The predicted octanol–water partition coefficient (Wildman–Crippen LogP) is 3.27. The van der Waals surface area contributed by atoms with Gasteiger partial charge in [-0.2, -0.15) is 5.10 Å². The Balaban J connectivity index is 1.43. The molecule has 2 aromatic heterocycles. The minimum absolute atomic E-state index is 0.285. The molecule has 1 atom stereocenters. The molecule has 1 unspecified atom stereocenters. The molecule has 3 aromatic rings. The molecule has 0 saturated carbocycles. The number of nitrogens with one attached hydrogen (secondary N) is 1. The number of aryl methyl sites for hydroxylation is 1. The number of hydrogen-bond acceptors (Lipinski definition) is 5. The molecule has 0 aliphatic carbocycles. The zero-order valence-electron chi connectivity index (χ0n) is 15.4. The van der Waals surface area contributed by atoms with E-state index in [4.69, 9.17) is 9.47 Å². The van der Waals surface area contributed by atoms with E-state index in [0.717, 1.165) is 48.1 Å². The lowest BCUT2D eigenvalue weighted by atomic mass is 9.99. The Morgan fingerprint density at radius 1 is 1.22 bits per heavy atom. The second-order valence-corrected chi connectivity index (χ2v) is 7.22. The number of benzene rings is 1. The van der Waals surface area contributed by atoms with Gasteiger partial charge in [-0.1, -0.05) is 6.42 Å². The van der Waals surface area contributed by atoms with Crippen LogP contribution >= 0.6 is 0 Å². The van der Waals surface area contributed by atoms with Crippen LogP contribution in [-0.2, 0) is 13.6 Å². The van der Waals surface area contributed by atoms with Gasteiger partial charge in [0.2, 0.25) is 6.79 Å². The second-order valence-electron chi connectivity index (χ2n) is 7.22. The lowest BCUT2D eigenvalue weighted by Crippen LogP contribution is -2.34. The Bertz CT molecular complexity index is 948. The number of ether oxygens (including phenoxy) is 2. The summed E-state index contributed by atoms with van der Waals surface area (Å²) in [5.74, 6) is 2.73. The summed E-state index contributed by atoms with van der Waals surface area (Å²) in [4.78, 5) is 7.13. The van der Waals surface area contributed by atoms with Crippen molar-refractivity contribution in [2.45, 2.75) is 31.8 Å². The number of H-pyrrole nitrogens is 1. The minimum atomic E-state index is 0.285. The highest BCUT2D eigenvalue weighted by Gasteiger charge is 2.28. The van der Waals surface area contributed by atoms with E-state index in [1.807, 2.05) is 30.7 Å². The third kappa shape index (κ3) is 2.98. The highest BCUT2D eigenvalue weighted by Crippen LogP contribution is 2.37. The molecule has 7 heteroatoms. The molecular formula is C20H23N5O2. The van der Waals surface area contributed by atoms with Gasteiger partial charge in [0.05, 0.1) is 17.9 Å². The van der Waals surface area contributed by atoms with Gasteiger partial charge in [-0.25, -0.2) is 4.98 Å². The van der Waals surface area contributed by atoms with Crippen LogP contribution in [0.5, 0.6) is 11.5 Å². The molecule has 1 N–H and O–H groups in total. The molecule has 0 radical (unpaired) electrons. The van der Waals surface area contributed by atoms with E-state index in [-0.39, 0.29) is 6.79 Å². The van der Waals surface area contributed by atoms with Gasteiger partial charge in [-0.3, -0.25) is 10.00 Å². The molecule has 0 amide bonds. The Kier molecular flexibility index (Phi) is 4.09. The number of fused-ring (bicyclic) bond motifs is 1. The highest BCUT2D eigenvalue weighted by molar-refractivity contribution is 5.66. The van der Waals surface area contributed by atoms with E-state index in [0.29, 0.717) is 6.04 Å². The largest absolute Gasteiger partial charge is 0.454 e. The number of rotatable bonds is 4. The van der Waals surface area contributed by atoms with Crippen LogP contribution in [0.2, 0.25) is 0 Å². The van der Waals surface area contributed by atoms with Crippen LogP contribution in [0.15, 0.2) is 36.8 Å². The molecule has 5 rings (SSSR count). The quantitative estimate of drug-likeness (QED) is 0.769. The molecule has 0 spiro atoms. The summed E-state index contributed by atoms with van der Waals surface area (Å²) in [5, 5.41) is 7.49. The maximum atomic E-state index is 5.53. The van der Waals surface area contributed by atoms with Crippen LogP contribution in [-0.4, -0.2) is 38.0 Å². The molecule has 27 heavy (non-hydrogen) atoms. The van der Waals surface area contributed by atoms with Gasteiger partial charge < -0.3 is 14.0 Å². The number of hydrogen-bond donors (Lipinski definition) is 1. The zero-order chi connectivity index (χ0) is 18.2. The van der Waals surface area contributed by atoms with Gasteiger partial charge in [-0.15, -0.1) is 0 Å². The Labute approximate surface area is 157 Å². The third-order valence-electron chi connectivity index (χ3n) is 5.52. The molecule has 140 valence electrons. The average Bonchev–Trinajstić information content (AvgIpc) is 3.42. The number of likely N-dealkylation sites (tertiary alicyclic amines) is 1. The van der Waals surface area contributed by atoms with E-state index < -0.39 is 0 Å². The molecule has 1 aromatic carbocycles. The lowest BCUT2D eigenvalue weighted by molar-refractivity contribution is 0.132. The molecule has 1 fully saturated rings. The van der Waals surface area contributed by atoms with E-state index in [9.17, 15) is 0 Å². The van der Waals surface area contributed by atoms with Crippen molar-refractivity contribution in [1.29, 1.82) is 0 Å². The van der Waals surface area contributed by atoms with Gasteiger partial charge in [0.1, 0.15) is 5.82 Å². The van der Waals surface area contributed by atoms with Crippen LogP contribution in [0.4, 0.5) is 0 Å². The summed E-state index contributed by atoms with van der Waals surface area (Å²) in [7, 11) is 2.07. The van der Waals surface area contributed by atoms with E-state index in [1.54, 1.807) is 0 Å². The fourth-order valence-electron chi connectivity index (χ4n) is 4.12. The first kappa shape index (κ1) is 16.4. The first-order chi connectivity index (χ1) is 13.3. The van der Waals surface area contributed by atoms with Crippen molar-refractivity contribution in [3.05, 3.63) is 48.2 Å². The summed E-state index contributed by atoms with van der Waals surface area (Å²) in [5.41, 5.74) is 3.30. The van der Waals surface area contributed by atoms with Gasteiger partial charge in [-0.05, 0) is 37.6 Å². The van der Waals surface area contributed by atoms with Gasteiger partial charge in [0.25, 0.3) is 0 Å². The zero-order valence-corrected chi connectivity index (χ0v) is 15.4. The summed E-state index contributed by atoms with van der Waals surface area (Å²) >= 11 is 0. The topological polar surface area (TPSA) is 68.2 Å². The van der Waals surface area contributed by atoms with Crippen molar-refractivity contribution in [2.24, 2.45) is 7.05 Å². The first-order valence-corrected chi connectivity index (χ1v) is 9.43. The number of aromatic amines is 1. The van der Waals surface area contributed by atoms with E-state index >= 15 is 0 Å². The average molecular weight is 365 g/mol. The van der Waals surface area contributed by atoms with Crippen LogP contribution in [0, 0.1) is 0 Å². The van der Waals surface area contributed by atoms with Crippen molar-refractivity contribution in [3.63, 3.8) is 0 Å². The molecular weight excluding hydrogens is 342 g/mol. The normalized spacial score (nSPS) is 19.5. The maximum Gasteiger partial charge on any atom is 0.231 e. The number of piperidine rings is 1. The number of aromatic nitrogens is 4. The van der Waals surface area contributed by atoms with E-state index in [1.165, 1.54) is 18.4 Å². The van der Waals surface area contributed by atoms with Crippen molar-refractivity contribution < 1.29 is 9.47 Å². The van der Waals surface area contributed by atoms with Crippen molar-refractivity contribution in [3.8, 4) is 22.8 Å². The molecule has 0 bridgehead atoms. The molecule has 7 nitrogen and oxygen atoms in total. The minimum Gasteiger partial charge on any atom is -0.454 e. The van der Waals surface area contributed by atoms with Gasteiger partial charge in [0, 0.05) is 37.1 Å².